The van der Waals surface area contributed by atoms with Crippen LogP contribution < -0.4 is 0 Å². The lowest BCUT2D eigenvalue weighted by molar-refractivity contribution is -0.123. The number of rotatable bonds is 0. The van der Waals surface area contributed by atoms with Gasteiger partial charge in [0.15, 0.2) is 0 Å². The summed E-state index contributed by atoms with van der Waals surface area (Å²) < 4.78 is 0. The number of carbonyl (C=O) groups is 1. The summed E-state index contributed by atoms with van der Waals surface area (Å²) in [6, 6.07) is 0. The highest BCUT2D eigenvalue weighted by atomic mass is 16.1. The first kappa shape index (κ1) is 5.21. The van der Waals surface area contributed by atoms with Crippen LogP contribution in [-0.2, 0) is 4.79 Å². The first-order chi connectivity index (χ1) is 4.36. The highest BCUT2D eigenvalue weighted by molar-refractivity contribution is 5.84. The number of fused-ring (bicyclic) bond motifs is 2. The van der Waals surface area contributed by atoms with Crippen LogP contribution in [0.1, 0.15) is 19.3 Å². The fourth-order valence-corrected chi connectivity index (χ4v) is 1.74. The summed E-state index contributed by atoms with van der Waals surface area (Å²) in [5, 5.41) is 0. The Labute approximate surface area is 54.8 Å². The molecule has 0 aliphatic heterocycles. The van der Waals surface area contributed by atoms with Crippen molar-refractivity contribution < 1.29 is 4.79 Å². The third-order valence-corrected chi connectivity index (χ3v) is 2.35. The van der Waals surface area contributed by atoms with E-state index in [4.69, 9.17) is 0 Å². The summed E-state index contributed by atoms with van der Waals surface area (Å²) in [6.07, 6.45) is 7.32. The zero-order valence-electron chi connectivity index (χ0n) is 5.34. The maximum atomic E-state index is 11.0. The maximum absolute atomic E-state index is 11.0. The molecule has 0 N–H and O–H groups in total. The summed E-state index contributed by atoms with van der Waals surface area (Å²) in [6.45, 7) is 0. The van der Waals surface area contributed by atoms with Gasteiger partial charge in [-0.3, -0.25) is 4.79 Å². The first-order valence-corrected chi connectivity index (χ1v) is 3.57. The van der Waals surface area contributed by atoms with E-state index < -0.39 is 0 Å². The molecule has 1 heteroatoms. The SMILES string of the molecule is O=C1CCC2C=CC1C2. The van der Waals surface area contributed by atoms with Crippen LogP contribution in [0, 0.1) is 11.8 Å². The molecule has 1 saturated carbocycles. The molecule has 9 heavy (non-hydrogen) atoms. The van der Waals surface area contributed by atoms with Gasteiger partial charge in [0.05, 0.1) is 0 Å². The third-order valence-electron chi connectivity index (χ3n) is 2.35. The standard InChI is InChI=1S/C8H10O/c9-8-4-2-6-1-3-7(8)5-6/h1,3,6-7H,2,4-5H2. The molecule has 2 atom stereocenters. The van der Waals surface area contributed by atoms with E-state index in [1.54, 1.807) is 0 Å². The zero-order chi connectivity index (χ0) is 6.27. The van der Waals surface area contributed by atoms with Crippen LogP contribution in [0.15, 0.2) is 12.2 Å². The van der Waals surface area contributed by atoms with Gasteiger partial charge in [-0.05, 0) is 18.8 Å². The highest BCUT2D eigenvalue weighted by Gasteiger charge is 2.29. The van der Waals surface area contributed by atoms with Crippen molar-refractivity contribution in [2.45, 2.75) is 19.3 Å². The Kier molecular flexibility index (Phi) is 0.981. The van der Waals surface area contributed by atoms with Crippen molar-refractivity contribution in [2.75, 3.05) is 0 Å². The lowest BCUT2D eigenvalue weighted by Gasteiger charge is -2.16. The quantitative estimate of drug-likeness (QED) is 0.445. The van der Waals surface area contributed by atoms with Gasteiger partial charge < -0.3 is 0 Å². The second-order valence-corrected chi connectivity index (χ2v) is 2.99. The molecule has 0 aromatic heterocycles. The van der Waals surface area contributed by atoms with Crippen LogP contribution in [0.4, 0.5) is 0 Å². The van der Waals surface area contributed by atoms with E-state index in [9.17, 15) is 4.79 Å². The smallest absolute Gasteiger partial charge is 0.139 e. The molecule has 0 spiro atoms. The Bertz CT molecular complexity index is 169. The minimum Gasteiger partial charge on any atom is -0.299 e. The number of allylic oxidation sites excluding steroid dienone is 2. The average molecular weight is 122 g/mol. The van der Waals surface area contributed by atoms with Gasteiger partial charge in [0.2, 0.25) is 0 Å². The van der Waals surface area contributed by atoms with Crippen molar-refractivity contribution >= 4 is 5.78 Å². The van der Waals surface area contributed by atoms with Crippen molar-refractivity contribution in [3.8, 4) is 0 Å². The number of hydrogen-bond acceptors (Lipinski definition) is 1. The monoisotopic (exact) mass is 122 g/mol. The van der Waals surface area contributed by atoms with Gasteiger partial charge >= 0.3 is 0 Å². The van der Waals surface area contributed by atoms with Crippen molar-refractivity contribution in [3.63, 3.8) is 0 Å². The Morgan fingerprint density at radius 3 is 3.11 bits per heavy atom. The molecule has 2 bridgehead atoms. The molecule has 0 aromatic carbocycles. The first-order valence-electron chi connectivity index (χ1n) is 3.57. The Hall–Kier alpha value is -0.590. The molecule has 2 unspecified atom stereocenters. The van der Waals surface area contributed by atoms with Gasteiger partial charge in [0, 0.05) is 12.3 Å². The van der Waals surface area contributed by atoms with E-state index in [1.165, 1.54) is 0 Å². The fourth-order valence-electron chi connectivity index (χ4n) is 1.74. The molecule has 1 fully saturated rings. The van der Waals surface area contributed by atoms with E-state index in [-0.39, 0.29) is 0 Å². The summed E-state index contributed by atoms with van der Waals surface area (Å²) in [7, 11) is 0. The summed E-state index contributed by atoms with van der Waals surface area (Å²) in [4.78, 5) is 11.0. The summed E-state index contributed by atoms with van der Waals surface area (Å²) in [5.41, 5.74) is 0. The molecule has 2 aliphatic rings. The van der Waals surface area contributed by atoms with Gasteiger partial charge in [-0.15, -0.1) is 0 Å². The minimum absolute atomic E-state index is 0.309. The molecule has 48 valence electrons. The molecule has 2 aliphatic carbocycles. The number of Topliss-reactive ketones (excluding diaryl/α,β-unsaturated/α-hetero) is 1. The van der Waals surface area contributed by atoms with Crippen molar-refractivity contribution in [1.29, 1.82) is 0 Å². The normalized spacial score (nSPS) is 39.8. The lowest BCUT2D eigenvalue weighted by Crippen LogP contribution is -2.17. The van der Waals surface area contributed by atoms with E-state index in [2.05, 4.69) is 12.2 Å². The fraction of sp³-hybridized carbons (Fsp3) is 0.625. The van der Waals surface area contributed by atoms with Crippen LogP contribution >= 0.6 is 0 Å². The Balaban J connectivity index is 2.23. The third kappa shape index (κ3) is 0.716. The van der Waals surface area contributed by atoms with Crippen LogP contribution in [0.5, 0.6) is 0 Å². The van der Waals surface area contributed by atoms with Crippen LogP contribution in [0.3, 0.4) is 0 Å². The predicted molar refractivity (Wildman–Crippen MR) is 35.0 cm³/mol. The minimum atomic E-state index is 0.309. The molecular formula is C8H10O. The highest BCUT2D eigenvalue weighted by Crippen LogP contribution is 2.33. The zero-order valence-corrected chi connectivity index (χ0v) is 5.34. The largest absolute Gasteiger partial charge is 0.299 e. The maximum Gasteiger partial charge on any atom is 0.139 e. The van der Waals surface area contributed by atoms with Gasteiger partial charge in [-0.25, -0.2) is 0 Å². The molecule has 0 saturated heterocycles. The van der Waals surface area contributed by atoms with E-state index >= 15 is 0 Å². The van der Waals surface area contributed by atoms with Crippen LogP contribution in [0.2, 0.25) is 0 Å². The van der Waals surface area contributed by atoms with Gasteiger partial charge in [-0.1, -0.05) is 12.2 Å². The van der Waals surface area contributed by atoms with Crippen LogP contribution in [-0.4, -0.2) is 5.78 Å². The Morgan fingerprint density at radius 2 is 2.33 bits per heavy atom. The second-order valence-electron chi connectivity index (χ2n) is 2.99. The van der Waals surface area contributed by atoms with E-state index in [0.29, 0.717) is 11.7 Å². The lowest BCUT2D eigenvalue weighted by atomic mass is 9.87. The van der Waals surface area contributed by atoms with Crippen LogP contribution in [0.25, 0.3) is 0 Å². The molecular weight excluding hydrogens is 112 g/mol. The van der Waals surface area contributed by atoms with Crippen molar-refractivity contribution in [1.82, 2.24) is 0 Å². The predicted octanol–water partition coefficient (Wildman–Crippen LogP) is 1.54. The average Bonchev–Trinajstić information content (AvgIpc) is 2.25. The molecule has 1 nitrogen and oxygen atoms in total. The molecule has 0 aromatic rings. The van der Waals surface area contributed by atoms with E-state index in [1.807, 2.05) is 0 Å². The van der Waals surface area contributed by atoms with Gasteiger partial charge in [0.25, 0.3) is 0 Å². The molecule has 0 radical (unpaired) electrons. The number of carbonyl (C=O) groups excluding carboxylic acids is 1. The Morgan fingerprint density at radius 1 is 1.44 bits per heavy atom. The molecule has 0 amide bonds. The topological polar surface area (TPSA) is 17.1 Å². The number of ketones is 1. The summed E-state index contributed by atoms with van der Waals surface area (Å²) >= 11 is 0. The molecule has 0 heterocycles. The van der Waals surface area contributed by atoms with Gasteiger partial charge in [-0.2, -0.15) is 0 Å². The van der Waals surface area contributed by atoms with Crippen molar-refractivity contribution in [3.05, 3.63) is 12.2 Å². The molecule has 2 rings (SSSR count). The second kappa shape index (κ2) is 1.69. The van der Waals surface area contributed by atoms with Gasteiger partial charge in [0.1, 0.15) is 5.78 Å². The summed E-state index contributed by atoms with van der Waals surface area (Å²) in [5.74, 6) is 1.51. The van der Waals surface area contributed by atoms with E-state index in [0.717, 1.165) is 25.2 Å². The van der Waals surface area contributed by atoms with Crippen molar-refractivity contribution in [2.24, 2.45) is 11.8 Å². The number of hydrogen-bond donors (Lipinski definition) is 0.